The van der Waals surface area contributed by atoms with Crippen LogP contribution in [0.1, 0.15) is 22.0 Å². The number of ether oxygens (including phenoxy) is 1. The zero-order valence-electron chi connectivity index (χ0n) is 13.5. The molecule has 4 nitrogen and oxygen atoms in total. The standard InChI is InChI=1S/C18H21FN2O2/c1-21(2)16(15-9-4-5-10-17(15)23-3)12-20-18(22)13-7-6-8-14(19)11-13/h4-11,16H,12H2,1-3H3,(H,20,22). The molecule has 122 valence electrons. The highest BCUT2D eigenvalue weighted by Gasteiger charge is 2.19. The highest BCUT2D eigenvalue weighted by Crippen LogP contribution is 2.27. The van der Waals surface area contributed by atoms with E-state index in [9.17, 15) is 9.18 Å². The summed E-state index contributed by atoms with van der Waals surface area (Å²) in [5.41, 5.74) is 1.29. The molecule has 1 N–H and O–H groups in total. The molecule has 0 saturated carbocycles. The molecule has 0 bridgehead atoms. The molecule has 23 heavy (non-hydrogen) atoms. The molecule has 2 rings (SSSR count). The van der Waals surface area contributed by atoms with Crippen molar-refractivity contribution in [2.45, 2.75) is 6.04 Å². The Morgan fingerprint density at radius 3 is 2.61 bits per heavy atom. The number of benzene rings is 2. The average Bonchev–Trinajstić information content (AvgIpc) is 2.55. The fourth-order valence-electron chi connectivity index (χ4n) is 2.43. The molecular weight excluding hydrogens is 295 g/mol. The second-order valence-corrected chi connectivity index (χ2v) is 5.44. The van der Waals surface area contributed by atoms with Crippen molar-refractivity contribution < 1.29 is 13.9 Å². The average molecular weight is 316 g/mol. The van der Waals surface area contributed by atoms with Gasteiger partial charge in [0, 0.05) is 17.7 Å². The summed E-state index contributed by atoms with van der Waals surface area (Å²) in [4.78, 5) is 14.2. The van der Waals surface area contributed by atoms with Crippen LogP contribution in [0.25, 0.3) is 0 Å². The second kappa shape index (κ2) is 7.74. The van der Waals surface area contributed by atoms with Gasteiger partial charge in [-0.1, -0.05) is 24.3 Å². The number of nitrogens with one attached hydrogen (secondary N) is 1. The topological polar surface area (TPSA) is 41.6 Å². The van der Waals surface area contributed by atoms with Crippen LogP contribution < -0.4 is 10.1 Å². The first-order valence-corrected chi connectivity index (χ1v) is 7.36. The van der Waals surface area contributed by atoms with Gasteiger partial charge in [-0.25, -0.2) is 4.39 Å². The molecule has 0 aliphatic rings. The maximum atomic E-state index is 13.2. The van der Waals surface area contributed by atoms with Crippen molar-refractivity contribution in [1.29, 1.82) is 0 Å². The van der Waals surface area contributed by atoms with Gasteiger partial charge >= 0.3 is 0 Å². The van der Waals surface area contributed by atoms with E-state index < -0.39 is 5.82 Å². The Kier molecular flexibility index (Phi) is 5.71. The lowest BCUT2D eigenvalue weighted by molar-refractivity contribution is 0.0941. The minimum Gasteiger partial charge on any atom is -0.496 e. The van der Waals surface area contributed by atoms with E-state index in [-0.39, 0.29) is 11.9 Å². The third-order valence-corrected chi connectivity index (χ3v) is 3.66. The molecule has 0 aromatic heterocycles. The van der Waals surface area contributed by atoms with E-state index in [1.165, 1.54) is 18.2 Å². The van der Waals surface area contributed by atoms with Crippen LogP contribution in [-0.2, 0) is 0 Å². The molecule has 1 amide bonds. The Morgan fingerprint density at radius 2 is 1.96 bits per heavy atom. The molecule has 0 heterocycles. The van der Waals surface area contributed by atoms with E-state index in [0.717, 1.165) is 11.3 Å². The molecule has 1 unspecified atom stereocenters. The molecule has 2 aromatic rings. The predicted molar refractivity (Wildman–Crippen MR) is 88.2 cm³/mol. The zero-order valence-corrected chi connectivity index (χ0v) is 13.5. The van der Waals surface area contributed by atoms with Crippen LogP contribution in [-0.4, -0.2) is 38.6 Å². The quantitative estimate of drug-likeness (QED) is 0.891. The Hall–Kier alpha value is -2.40. The fourth-order valence-corrected chi connectivity index (χ4v) is 2.43. The van der Waals surface area contributed by atoms with Crippen molar-refractivity contribution in [3.8, 4) is 5.75 Å². The molecule has 5 heteroatoms. The van der Waals surface area contributed by atoms with Crippen molar-refractivity contribution in [2.75, 3.05) is 27.7 Å². The SMILES string of the molecule is COc1ccccc1C(CNC(=O)c1cccc(F)c1)N(C)C. The number of methoxy groups -OCH3 is 1. The van der Waals surface area contributed by atoms with Crippen LogP contribution in [0.4, 0.5) is 4.39 Å². The lowest BCUT2D eigenvalue weighted by Crippen LogP contribution is -2.34. The smallest absolute Gasteiger partial charge is 0.251 e. The molecular formula is C18H21FN2O2. The summed E-state index contributed by atoms with van der Waals surface area (Å²) in [5, 5.41) is 2.85. The minimum absolute atomic E-state index is 0.0522. The number of hydrogen-bond acceptors (Lipinski definition) is 3. The molecule has 0 radical (unpaired) electrons. The molecule has 1 atom stereocenters. The number of halogens is 1. The lowest BCUT2D eigenvalue weighted by atomic mass is 10.0. The Morgan fingerprint density at radius 1 is 1.22 bits per heavy atom. The van der Waals surface area contributed by atoms with Crippen LogP contribution in [0.2, 0.25) is 0 Å². The normalized spacial score (nSPS) is 12.0. The van der Waals surface area contributed by atoms with Gasteiger partial charge < -0.3 is 15.0 Å². The van der Waals surface area contributed by atoms with Gasteiger partial charge in [-0.15, -0.1) is 0 Å². The number of carbonyl (C=O) groups excluding carboxylic acids is 1. The molecule has 0 fully saturated rings. The third kappa shape index (κ3) is 4.29. The number of rotatable bonds is 6. The number of nitrogens with zero attached hydrogens (tertiary/aromatic N) is 1. The highest BCUT2D eigenvalue weighted by atomic mass is 19.1. The van der Waals surface area contributed by atoms with Gasteiger partial charge in [0.2, 0.25) is 0 Å². The maximum Gasteiger partial charge on any atom is 0.251 e. The van der Waals surface area contributed by atoms with E-state index in [0.29, 0.717) is 12.1 Å². The highest BCUT2D eigenvalue weighted by molar-refractivity contribution is 5.94. The van der Waals surface area contributed by atoms with E-state index in [4.69, 9.17) is 4.74 Å². The third-order valence-electron chi connectivity index (χ3n) is 3.66. The first kappa shape index (κ1) is 17.0. The first-order valence-electron chi connectivity index (χ1n) is 7.36. The van der Waals surface area contributed by atoms with Gasteiger partial charge in [-0.2, -0.15) is 0 Å². The first-order chi connectivity index (χ1) is 11.0. The maximum absolute atomic E-state index is 13.2. The number of amides is 1. The molecule has 0 saturated heterocycles. The molecule has 0 aliphatic heterocycles. The van der Waals surface area contributed by atoms with Gasteiger partial charge in [0.25, 0.3) is 5.91 Å². The summed E-state index contributed by atoms with van der Waals surface area (Å²) in [7, 11) is 5.49. The second-order valence-electron chi connectivity index (χ2n) is 5.44. The predicted octanol–water partition coefficient (Wildman–Crippen LogP) is 2.87. The van der Waals surface area contributed by atoms with Gasteiger partial charge in [0.15, 0.2) is 0 Å². The zero-order chi connectivity index (χ0) is 16.8. The minimum atomic E-state index is -0.425. The van der Waals surface area contributed by atoms with Crippen molar-refractivity contribution in [3.05, 3.63) is 65.5 Å². The summed E-state index contributed by atoms with van der Waals surface area (Å²) in [6.45, 7) is 0.392. The van der Waals surface area contributed by atoms with Crippen LogP contribution in [0.15, 0.2) is 48.5 Å². The van der Waals surface area contributed by atoms with E-state index >= 15 is 0 Å². The van der Waals surface area contributed by atoms with Gasteiger partial charge in [0.1, 0.15) is 11.6 Å². The molecule has 0 aliphatic carbocycles. The van der Waals surface area contributed by atoms with Crippen LogP contribution in [0.5, 0.6) is 5.75 Å². The van der Waals surface area contributed by atoms with Crippen LogP contribution in [0.3, 0.4) is 0 Å². The lowest BCUT2D eigenvalue weighted by Gasteiger charge is -2.26. The Labute approximate surface area is 135 Å². The number of carbonyl (C=O) groups is 1. The van der Waals surface area contributed by atoms with Gasteiger partial charge in [-0.05, 0) is 38.4 Å². The van der Waals surface area contributed by atoms with E-state index in [1.54, 1.807) is 13.2 Å². The fraction of sp³-hybridized carbons (Fsp3) is 0.278. The Bertz CT molecular complexity index is 674. The Balaban J connectivity index is 2.13. The summed E-state index contributed by atoms with van der Waals surface area (Å²) in [6.07, 6.45) is 0. The molecule has 0 spiro atoms. The van der Waals surface area contributed by atoms with E-state index in [1.807, 2.05) is 43.3 Å². The van der Waals surface area contributed by atoms with Crippen molar-refractivity contribution in [2.24, 2.45) is 0 Å². The number of hydrogen-bond donors (Lipinski definition) is 1. The van der Waals surface area contributed by atoms with Crippen molar-refractivity contribution in [3.63, 3.8) is 0 Å². The van der Waals surface area contributed by atoms with Gasteiger partial charge in [0.05, 0.1) is 13.2 Å². The summed E-state index contributed by atoms with van der Waals surface area (Å²) in [6, 6.07) is 13.3. The summed E-state index contributed by atoms with van der Waals surface area (Å²) >= 11 is 0. The van der Waals surface area contributed by atoms with Gasteiger partial charge in [-0.3, -0.25) is 4.79 Å². The largest absolute Gasteiger partial charge is 0.496 e. The summed E-state index contributed by atoms with van der Waals surface area (Å²) < 4.78 is 18.6. The van der Waals surface area contributed by atoms with Crippen molar-refractivity contribution >= 4 is 5.91 Å². The van der Waals surface area contributed by atoms with E-state index in [2.05, 4.69) is 5.32 Å². The number of likely N-dealkylation sites (N-methyl/N-ethyl adjacent to an activating group) is 1. The summed E-state index contributed by atoms with van der Waals surface area (Å²) in [5.74, 6) is 0.0454. The van der Waals surface area contributed by atoms with Crippen LogP contribution >= 0.6 is 0 Å². The van der Waals surface area contributed by atoms with Crippen LogP contribution in [0, 0.1) is 5.82 Å². The molecule has 2 aromatic carbocycles. The monoisotopic (exact) mass is 316 g/mol. The number of para-hydroxylation sites is 1. The van der Waals surface area contributed by atoms with Crippen molar-refractivity contribution in [1.82, 2.24) is 10.2 Å².